The summed E-state index contributed by atoms with van der Waals surface area (Å²) in [6, 6.07) is 0. The molecule has 0 N–H and O–H groups in total. The summed E-state index contributed by atoms with van der Waals surface area (Å²) in [6.07, 6.45) is 1.64. The van der Waals surface area contributed by atoms with Crippen LogP contribution in [0.25, 0.3) is 0 Å². The van der Waals surface area contributed by atoms with Crippen LogP contribution in [-0.2, 0) is 14.3 Å². The van der Waals surface area contributed by atoms with Gasteiger partial charge in [-0.1, -0.05) is 13.5 Å². The van der Waals surface area contributed by atoms with Gasteiger partial charge in [0.25, 0.3) is 0 Å². The number of carbonyl (C=O) groups is 1. The molecule has 0 saturated carbocycles. The Balaban J connectivity index is 4.40. The van der Waals surface area contributed by atoms with Crippen LogP contribution in [0, 0.1) is 0 Å². The second-order valence-electron chi connectivity index (χ2n) is 6.18. The average Bonchev–Trinajstić information content (AvgIpc) is 2.14. The lowest BCUT2D eigenvalue weighted by Gasteiger charge is -2.33. The van der Waals surface area contributed by atoms with Gasteiger partial charge in [-0.3, -0.25) is 0 Å². The number of hydrogen-bond donors (Lipinski definition) is 0. The molecule has 0 rings (SSSR count). The van der Waals surface area contributed by atoms with E-state index in [0.717, 1.165) is 6.42 Å². The molecule has 3 heteroatoms. The van der Waals surface area contributed by atoms with Gasteiger partial charge in [-0.05, 0) is 48.0 Å². The zero-order valence-electron chi connectivity index (χ0n) is 12.9. The van der Waals surface area contributed by atoms with Crippen molar-refractivity contribution in [2.75, 3.05) is 0 Å². The molecule has 18 heavy (non-hydrogen) atoms. The van der Waals surface area contributed by atoms with Crippen LogP contribution in [-0.4, -0.2) is 23.3 Å². The van der Waals surface area contributed by atoms with Crippen molar-refractivity contribution in [3.8, 4) is 0 Å². The van der Waals surface area contributed by atoms with Crippen LogP contribution in [0.5, 0.6) is 0 Å². The first-order valence-corrected chi connectivity index (χ1v) is 6.56. The molecule has 1 atom stereocenters. The fraction of sp³-hybridized carbons (Fsp3) is 0.800. The lowest BCUT2D eigenvalue weighted by Crippen LogP contribution is -2.36. The second-order valence-corrected chi connectivity index (χ2v) is 6.18. The minimum Gasteiger partial charge on any atom is -0.456 e. The molecule has 0 bridgehead atoms. The highest BCUT2D eigenvalue weighted by Gasteiger charge is 2.28. The van der Waals surface area contributed by atoms with E-state index in [9.17, 15) is 4.79 Å². The lowest BCUT2D eigenvalue weighted by atomic mass is 9.99. The number of carbonyl (C=O) groups excluding carboxylic acids is 1. The Labute approximate surface area is 112 Å². The Morgan fingerprint density at radius 1 is 1.22 bits per heavy atom. The van der Waals surface area contributed by atoms with E-state index < -0.39 is 5.60 Å². The maximum absolute atomic E-state index is 11.5. The first kappa shape index (κ1) is 17.2. The lowest BCUT2D eigenvalue weighted by molar-refractivity contribution is -0.157. The minimum absolute atomic E-state index is 0.0351. The smallest absolute Gasteiger partial charge is 0.333 e. The van der Waals surface area contributed by atoms with Crippen LogP contribution in [0.2, 0.25) is 0 Å². The third-order valence-corrected chi connectivity index (χ3v) is 2.87. The van der Waals surface area contributed by atoms with E-state index in [1.165, 1.54) is 0 Å². The van der Waals surface area contributed by atoms with Gasteiger partial charge in [0.05, 0.1) is 11.7 Å². The van der Waals surface area contributed by atoms with E-state index in [0.29, 0.717) is 12.0 Å². The van der Waals surface area contributed by atoms with Gasteiger partial charge in [0, 0.05) is 12.0 Å². The summed E-state index contributed by atoms with van der Waals surface area (Å²) in [5.41, 5.74) is -0.266. The number of hydrogen-bond acceptors (Lipinski definition) is 3. The molecular formula is C15H28O3. The van der Waals surface area contributed by atoms with Gasteiger partial charge >= 0.3 is 5.97 Å². The van der Waals surface area contributed by atoms with Gasteiger partial charge in [-0.2, -0.15) is 0 Å². The first-order valence-electron chi connectivity index (χ1n) is 6.56. The minimum atomic E-state index is -0.542. The summed E-state index contributed by atoms with van der Waals surface area (Å²) in [7, 11) is 0. The van der Waals surface area contributed by atoms with Crippen molar-refractivity contribution < 1.29 is 14.3 Å². The van der Waals surface area contributed by atoms with Crippen molar-refractivity contribution in [1.82, 2.24) is 0 Å². The van der Waals surface area contributed by atoms with E-state index in [1.54, 1.807) is 6.92 Å². The van der Waals surface area contributed by atoms with Crippen molar-refractivity contribution in [1.29, 1.82) is 0 Å². The molecule has 0 aliphatic rings. The molecule has 0 fully saturated rings. The van der Waals surface area contributed by atoms with Gasteiger partial charge in [0.1, 0.15) is 5.60 Å². The van der Waals surface area contributed by atoms with E-state index in [-0.39, 0.29) is 17.7 Å². The Morgan fingerprint density at radius 3 is 2.11 bits per heavy atom. The summed E-state index contributed by atoms with van der Waals surface area (Å²) in [5.74, 6) is -0.345. The van der Waals surface area contributed by atoms with Gasteiger partial charge < -0.3 is 9.47 Å². The van der Waals surface area contributed by atoms with Crippen molar-refractivity contribution >= 4 is 5.97 Å². The molecule has 0 radical (unpaired) electrons. The van der Waals surface area contributed by atoms with Crippen molar-refractivity contribution in [3.05, 3.63) is 12.2 Å². The zero-order valence-corrected chi connectivity index (χ0v) is 12.9. The van der Waals surface area contributed by atoms with Gasteiger partial charge in [0.2, 0.25) is 0 Å². The number of esters is 1. The van der Waals surface area contributed by atoms with Crippen LogP contribution < -0.4 is 0 Å². The highest BCUT2D eigenvalue weighted by atomic mass is 16.6. The van der Waals surface area contributed by atoms with Crippen LogP contribution in [0.15, 0.2) is 12.2 Å². The molecule has 0 aromatic heterocycles. The van der Waals surface area contributed by atoms with Gasteiger partial charge in [-0.15, -0.1) is 0 Å². The maximum Gasteiger partial charge on any atom is 0.333 e. The van der Waals surface area contributed by atoms with Crippen LogP contribution in [0.3, 0.4) is 0 Å². The Hall–Kier alpha value is -0.830. The fourth-order valence-electron chi connectivity index (χ4n) is 1.74. The quantitative estimate of drug-likeness (QED) is 0.512. The van der Waals surface area contributed by atoms with Crippen molar-refractivity contribution in [2.45, 2.75) is 78.6 Å². The Kier molecular flexibility index (Phi) is 6.08. The SMILES string of the molecule is C=C(C)C(=O)OC(C)(C)CC(C)OC(C)(C)CC. The largest absolute Gasteiger partial charge is 0.456 e. The zero-order chi connectivity index (χ0) is 14.6. The summed E-state index contributed by atoms with van der Waals surface area (Å²) < 4.78 is 11.4. The third kappa shape index (κ3) is 6.80. The van der Waals surface area contributed by atoms with E-state index in [4.69, 9.17) is 9.47 Å². The van der Waals surface area contributed by atoms with Crippen LogP contribution in [0.1, 0.15) is 61.3 Å². The van der Waals surface area contributed by atoms with E-state index in [1.807, 2.05) is 20.8 Å². The maximum atomic E-state index is 11.5. The molecule has 0 aliphatic carbocycles. The highest BCUT2D eigenvalue weighted by molar-refractivity contribution is 5.87. The molecule has 3 nitrogen and oxygen atoms in total. The molecule has 1 unspecified atom stereocenters. The number of ether oxygens (including phenoxy) is 2. The molecule has 0 aromatic rings. The topological polar surface area (TPSA) is 35.5 Å². The van der Waals surface area contributed by atoms with Crippen LogP contribution >= 0.6 is 0 Å². The fourth-order valence-corrected chi connectivity index (χ4v) is 1.74. The molecule has 0 spiro atoms. The van der Waals surface area contributed by atoms with Gasteiger partial charge in [0.15, 0.2) is 0 Å². The molecule has 0 aliphatic heterocycles. The van der Waals surface area contributed by atoms with E-state index >= 15 is 0 Å². The standard InChI is InChI=1S/C15H28O3/c1-9-14(5,6)17-12(4)10-15(7,8)18-13(16)11(2)3/h12H,2,9-10H2,1,3-8H3. The normalized spacial score (nSPS) is 14.2. The highest BCUT2D eigenvalue weighted by Crippen LogP contribution is 2.24. The summed E-state index contributed by atoms with van der Waals surface area (Å²) >= 11 is 0. The van der Waals surface area contributed by atoms with E-state index in [2.05, 4.69) is 27.4 Å². The Morgan fingerprint density at radius 2 is 1.72 bits per heavy atom. The molecular weight excluding hydrogens is 228 g/mol. The Bertz CT molecular complexity index is 303. The predicted molar refractivity (Wildman–Crippen MR) is 74.5 cm³/mol. The molecule has 0 saturated heterocycles. The summed E-state index contributed by atoms with van der Waals surface area (Å²) in [6.45, 7) is 17.3. The summed E-state index contributed by atoms with van der Waals surface area (Å²) in [4.78, 5) is 11.5. The van der Waals surface area contributed by atoms with Gasteiger partial charge in [-0.25, -0.2) is 4.79 Å². The molecule has 0 aromatic carbocycles. The molecule has 0 amide bonds. The molecule has 0 heterocycles. The van der Waals surface area contributed by atoms with Crippen molar-refractivity contribution in [3.63, 3.8) is 0 Å². The second kappa shape index (κ2) is 6.37. The van der Waals surface area contributed by atoms with Crippen molar-refractivity contribution in [2.24, 2.45) is 0 Å². The van der Waals surface area contributed by atoms with Crippen LogP contribution in [0.4, 0.5) is 0 Å². The third-order valence-electron chi connectivity index (χ3n) is 2.87. The molecule has 106 valence electrons. The predicted octanol–water partition coefficient (Wildman–Crippen LogP) is 3.87. The summed E-state index contributed by atoms with van der Waals surface area (Å²) in [5, 5.41) is 0. The monoisotopic (exact) mass is 256 g/mol. The average molecular weight is 256 g/mol. The first-order chi connectivity index (χ1) is 7.99. The number of rotatable bonds is 7.